The standard InChI is InChI=1S/C19H26O4Se/c1-18(2,3)21-11-13-15-16(23-19(4,5)22-15)14(20)17(13)24-12-9-7-6-8-10-12/h6-10,13,15-17H,11H2,1-5H3/t13?,15-,16+,17?/m0/s1. The van der Waals surface area contributed by atoms with Crippen LogP contribution in [0.3, 0.4) is 0 Å². The molecule has 132 valence electrons. The molecule has 4 nitrogen and oxygen atoms in total. The number of ether oxygens (including phenoxy) is 3. The normalized spacial score (nSPS) is 32.1. The molecule has 2 unspecified atom stereocenters. The van der Waals surface area contributed by atoms with Crippen molar-refractivity contribution in [1.82, 2.24) is 0 Å². The van der Waals surface area contributed by atoms with Crippen molar-refractivity contribution in [2.75, 3.05) is 6.61 Å². The predicted octanol–water partition coefficient (Wildman–Crippen LogP) is 2.34. The number of fused-ring (bicyclic) bond motifs is 1. The van der Waals surface area contributed by atoms with Gasteiger partial charge in [0.25, 0.3) is 0 Å². The maximum absolute atomic E-state index is 13.0. The molecule has 1 saturated carbocycles. The molecule has 1 saturated heterocycles. The van der Waals surface area contributed by atoms with Gasteiger partial charge in [-0.1, -0.05) is 0 Å². The van der Waals surface area contributed by atoms with E-state index in [1.165, 1.54) is 4.46 Å². The van der Waals surface area contributed by atoms with E-state index in [-0.39, 0.29) is 43.2 Å². The van der Waals surface area contributed by atoms with E-state index in [1.54, 1.807) is 0 Å². The van der Waals surface area contributed by atoms with Crippen LogP contribution in [0.1, 0.15) is 34.6 Å². The molecule has 24 heavy (non-hydrogen) atoms. The first kappa shape index (κ1) is 18.1. The van der Waals surface area contributed by atoms with E-state index in [4.69, 9.17) is 14.2 Å². The van der Waals surface area contributed by atoms with E-state index in [9.17, 15) is 4.79 Å². The fourth-order valence-electron chi connectivity index (χ4n) is 3.19. The topological polar surface area (TPSA) is 44.8 Å². The first-order valence-corrected chi connectivity index (χ1v) is 10.3. The molecule has 2 fully saturated rings. The van der Waals surface area contributed by atoms with Gasteiger partial charge < -0.3 is 0 Å². The number of rotatable bonds is 4. The van der Waals surface area contributed by atoms with Gasteiger partial charge in [0.05, 0.1) is 0 Å². The summed E-state index contributed by atoms with van der Waals surface area (Å²) in [6.45, 7) is 10.4. The van der Waals surface area contributed by atoms with Crippen molar-refractivity contribution in [1.29, 1.82) is 0 Å². The number of ketones is 1. The fourth-order valence-corrected chi connectivity index (χ4v) is 5.84. The second-order valence-corrected chi connectivity index (χ2v) is 10.4. The van der Waals surface area contributed by atoms with Gasteiger partial charge in [-0.05, 0) is 0 Å². The van der Waals surface area contributed by atoms with Crippen LogP contribution in [-0.2, 0) is 19.0 Å². The molecule has 1 heterocycles. The number of carbonyl (C=O) groups is 1. The average Bonchev–Trinajstić information content (AvgIpc) is 2.91. The van der Waals surface area contributed by atoms with Gasteiger partial charge in [0.2, 0.25) is 0 Å². The quantitative estimate of drug-likeness (QED) is 0.732. The second-order valence-electron chi connectivity index (χ2n) is 7.86. The van der Waals surface area contributed by atoms with Gasteiger partial charge in [-0.25, -0.2) is 0 Å². The first-order valence-electron chi connectivity index (χ1n) is 8.41. The van der Waals surface area contributed by atoms with E-state index in [0.717, 1.165) is 0 Å². The Balaban J connectivity index is 1.81. The minimum atomic E-state index is -0.699. The Morgan fingerprint density at radius 3 is 2.46 bits per heavy atom. The molecule has 0 aromatic heterocycles. The number of Topliss-reactive ketones (excluding diaryl/α,β-unsaturated/α-hetero) is 1. The molecule has 0 N–H and O–H groups in total. The van der Waals surface area contributed by atoms with Crippen LogP contribution in [0.2, 0.25) is 4.82 Å². The van der Waals surface area contributed by atoms with Crippen molar-refractivity contribution in [3.63, 3.8) is 0 Å². The van der Waals surface area contributed by atoms with Gasteiger partial charge >= 0.3 is 150 Å². The molecule has 3 rings (SSSR count). The van der Waals surface area contributed by atoms with Crippen LogP contribution in [0.5, 0.6) is 0 Å². The summed E-state index contributed by atoms with van der Waals surface area (Å²) in [5.74, 6) is -0.476. The van der Waals surface area contributed by atoms with Crippen LogP contribution in [0.15, 0.2) is 30.3 Å². The van der Waals surface area contributed by atoms with Gasteiger partial charge in [0.15, 0.2) is 0 Å². The molecule has 0 bridgehead atoms. The zero-order chi connectivity index (χ0) is 17.5. The van der Waals surface area contributed by atoms with Gasteiger partial charge in [-0.2, -0.15) is 0 Å². The summed E-state index contributed by atoms with van der Waals surface area (Å²) >= 11 is 0.0471. The summed E-state index contributed by atoms with van der Waals surface area (Å²) in [7, 11) is 0. The summed E-state index contributed by atoms with van der Waals surface area (Å²) in [6, 6.07) is 10.2. The third-order valence-corrected chi connectivity index (χ3v) is 7.11. The van der Waals surface area contributed by atoms with Gasteiger partial charge in [-0.15, -0.1) is 0 Å². The van der Waals surface area contributed by atoms with Crippen LogP contribution in [0, 0.1) is 5.92 Å². The van der Waals surface area contributed by atoms with Crippen molar-refractivity contribution in [3.8, 4) is 0 Å². The van der Waals surface area contributed by atoms with Gasteiger partial charge in [-0.3, -0.25) is 0 Å². The maximum atomic E-state index is 13.0. The van der Waals surface area contributed by atoms with Crippen LogP contribution in [-0.4, -0.2) is 50.9 Å². The number of hydrogen-bond donors (Lipinski definition) is 0. The third kappa shape index (κ3) is 3.92. The minimum absolute atomic E-state index is 0.0451. The molecule has 1 aliphatic carbocycles. The predicted molar refractivity (Wildman–Crippen MR) is 93.6 cm³/mol. The molecule has 4 atom stereocenters. The molecule has 1 aromatic rings. The summed E-state index contributed by atoms with van der Waals surface area (Å²) < 4.78 is 19.2. The number of hydrogen-bond acceptors (Lipinski definition) is 4. The molecular formula is C19H26O4Se. The van der Waals surface area contributed by atoms with E-state index in [1.807, 2.05) is 52.8 Å². The van der Waals surface area contributed by atoms with E-state index < -0.39 is 11.9 Å². The van der Waals surface area contributed by atoms with Crippen molar-refractivity contribution < 1.29 is 19.0 Å². The van der Waals surface area contributed by atoms with E-state index in [0.29, 0.717) is 6.61 Å². The Hall–Kier alpha value is -0.711. The Labute approximate surface area is 150 Å². The van der Waals surface area contributed by atoms with Gasteiger partial charge in [0.1, 0.15) is 0 Å². The Bertz CT molecular complexity index is 593. The molecule has 5 heteroatoms. The van der Waals surface area contributed by atoms with Crippen LogP contribution < -0.4 is 4.46 Å². The molecule has 0 spiro atoms. The molecule has 0 amide bonds. The van der Waals surface area contributed by atoms with Crippen molar-refractivity contribution in [2.45, 2.75) is 63.0 Å². The Morgan fingerprint density at radius 2 is 1.83 bits per heavy atom. The fraction of sp³-hybridized carbons (Fsp3) is 0.632. The zero-order valence-corrected chi connectivity index (χ0v) is 16.7. The van der Waals surface area contributed by atoms with E-state index in [2.05, 4.69) is 12.1 Å². The van der Waals surface area contributed by atoms with E-state index >= 15 is 0 Å². The second kappa shape index (κ2) is 6.54. The first-order chi connectivity index (χ1) is 11.2. The SMILES string of the molecule is CC(C)(C)OCC1C([Se]c2ccccc2)C(=O)[C@H]2OC(C)(C)O[C@@H]12. The monoisotopic (exact) mass is 398 g/mol. The molecule has 2 aliphatic rings. The van der Waals surface area contributed by atoms with Crippen LogP contribution >= 0.6 is 0 Å². The zero-order valence-electron chi connectivity index (χ0n) is 14.9. The van der Waals surface area contributed by atoms with Crippen molar-refractivity contribution in [3.05, 3.63) is 30.3 Å². The van der Waals surface area contributed by atoms with Crippen LogP contribution in [0.4, 0.5) is 0 Å². The molecule has 0 radical (unpaired) electrons. The summed E-state index contributed by atoms with van der Waals surface area (Å²) in [5.41, 5.74) is -0.236. The third-order valence-electron chi connectivity index (χ3n) is 4.22. The Kier molecular flexibility index (Phi) is 4.93. The molecule has 1 aliphatic heterocycles. The number of carbonyl (C=O) groups excluding carboxylic acids is 1. The number of benzene rings is 1. The summed E-state index contributed by atoms with van der Waals surface area (Å²) in [6.07, 6.45) is -0.658. The van der Waals surface area contributed by atoms with Crippen molar-refractivity contribution >= 4 is 25.2 Å². The molecule has 1 aromatic carbocycles. The molecular weight excluding hydrogens is 371 g/mol. The van der Waals surface area contributed by atoms with Crippen LogP contribution in [0.25, 0.3) is 0 Å². The van der Waals surface area contributed by atoms with Gasteiger partial charge in [0, 0.05) is 0 Å². The van der Waals surface area contributed by atoms with Crippen molar-refractivity contribution in [2.24, 2.45) is 5.92 Å². The Morgan fingerprint density at radius 1 is 1.17 bits per heavy atom. The average molecular weight is 397 g/mol. The summed E-state index contributed by atoms with van der Waals surface area (Å²) in [5, 5.41) is 0. The summed E-state index contributed by atoms with van der Waals surface area (Å²) in [4.78, 5) is 12.9.